The van der Waals surface area contributed by atoms with Gasteiger partial charge in [0.15, 0.2) is 0 Å². The van der Waals surface area contributed by atoms with Crippen molar-refractivity contribution in [1.29, 1.82) is 0 Å². The minimum absolute atomic E-state index is 0.218. The number of hydrogen-bond acceptors (Lipinski definition) is 3. The number of hydrogen-bond donors (Lipinski definition) is 2. The second-order valence-electron chi connectivity index (χ2n) is 4.69. The van der Waals surface area contributed by atoms with Crippen LogP contribution in [0.5, 0.6) is 0 Å². The third-order valence-electron chi connectivity index (χ3n) is 3.07. The summed E-state index contributed by atoms with van der Waals surface area (Å²) >= 11 is 0. The smallest absolute Gasteiger partial charge is 0.339 e. The standard InChI is InChI=1S/C16H18N2O2/c1-12-10-15(14(11-18-12)16(19)20)17-9-5-8-13-6-3-2-4-7-13/h2-4,6-7,10-11H,5,8-9H2,1H3,(H,17,18)(H,19,20). The average molecular weight is 270 g/mol. The predicted octanol–water partition coefficient (Wildman–Crippen LogP) is 3.13. The molecule has 2 N–H and O–H groups in total. The fourth-order valence-electron chi connectivity index (χ4n) is 2.04. The van der Waals surface area contributed by atoms with Crippen molar-refractivity contribution in [2.24, 2.45) is 0 Å². The molecule has 2 rings (SSSR count). The first-order chi connectivity index (χ1) is 9.66. The SMILES string of the molecule is Cc1cc(NCCCc2ccccc2)c(C(=O)O)cn1. The van der Waals surface area contributed by atoms with E-state index in [1.807, 2.05) is 25.1 Å². The quantitative estimate of drug-likeness (QED) is 0.792. The van der Waals surface area contributed by atoms with Gasteiger partial charge in [0.25, 0.3) is 0 Å². The number of carbonyl (C=O) groups is 1. The Balaban J connectivity index is 1.91. The summed E-state index contributed by atoms with van der Waals surface area (Å²) in [4.78, 5) is 15.1. The van der Waals surface area contributed by atoms with Crippen LogP contribution in [0, 0.1) is 6.92 Å². The van der Waals surface area contributed by atoms with Crippen LogP contribution in [0.15, 0.2) is 42.6 Å². The Kier molecular flexibility index (Phi) is 4.71. The third-order valence-corrected chi connectivity index (χ3v) is 3.07. The summed E-state index contributed by atoms with van der Waals surface area (Å²) in [5, 5.41) is 12.3. The van der Waals surface area contributed by atoms with Gasteiger partial charge in [0.05, 0.1) is 5.69 Å². The number of benzene rings is 1. The zero-order valence-electron chi connectivity index (χ0n) is 11.5. The van der Waals surface area contributed by atoms with Crippen molar-refractivity contribution in [1.82, 2.24) is 4.98 Å². The Bertz CT molecular complexity index is 582. The largest absolute Gasteiger partial charge is 0.478 e. The van der Waals surface area contributed by atoms with E-state index in [1.54, 1.807) is 6.07 Å². The third kappa shape index (κ3) is 3.82. The average Bonchev–Trinajstić information content (AvgIpc) is 2.44. The normalized spacial score (nSPS) is 10.2. The summed E-state index contributed by atoms with van der Waals surface area (Å²) in [6.07, 6.45) is 3.32. The summed E-state index contributed by atoms with van der Waals surface area (Å²) in [7, 11) is 0. The lowest BCUT2D eigenvalue weighted by Gasteiger charge is -2.10. The number of carboxylic acids is 1. The van der Waals surface area contributed by atoms with Crippen LogP contribution in [0.4, 0.5) is 5.69 Å². The number of nitrogens with zero attached hydrogens (tertiary/aromatic N) is 1. The van der Waals surface area contributed by atoms with E-state index in [-0.39, 0.29) is 5.56 Å². The molecule has 0 saturated heterocycles. The molecule has 0 radical (unpaired) electrons. The van der Waals surface area contributed by atoms with E-state index in [0.29, 0.717) is 5.69 Å². The molecule has 0 aliphatic heterocycles. The number of aryl methyl sites for hydroxylation is 2. The van der Waals surface area contributed by atoms with Gasteiger partial charge in [0.1, 0.15) is 5.56 Å². The van der Waals surface area contributed by atoms with Crippen LogP contribution >= 0.6 is 0 Å². The molecule has 1 aromatic heterocycles. The minimum Gasteiger partial charge on any atom is -0.478 e. The van der Waals surface area contributed by atoms with Gasteiger partial charge >= 0.3 is 5.97 Å². The van der Waals surface area contributed by atoms with Gasteiger partial charge in [-0.05, 0) is 31.4 Å². The van der Waals surface area contributed by atoms with Gasteiger partial charge < -0.3 is 10.4 Å². The van der Waals surface area contributed by atoms with E-state index in [0.717, 1.165) is 25.1 Å². The Labute approximate surface area is 118 Å². The minimum atomic E-state index is -0.956. The Morgan fingerprint density at radius 2 is 2.05 bits per heavy atom. The molecule has 0 bridgehead atoms. The lowest BCUT2D eigenvalue weighted by molar-refractivity contribution is 0.0697. The molecule has 20 heavy (non-hydrogen) atoms. The van der Waals surface area contributed by atoms with E-state index >= 15 is 0 Å². The van der Waals surface area contributed by atoms with E-state index < -0.39 is 5.97 Å². The van der Waals surface area contributed by atoms with Crippen molar-refractivity contribution in [3.05, 3.63) is 59.4 Å². The highest BCUT2D eigenvalue weighted by Crippen LogP contribution is 2.16. The number of aromatic nitrogens is 1. The van der Waals surface area contributed by atoms with Gasteiger partial charge in [-0.1, -0.05) is 30.3 Å². The van der Waals surface area contributed by atoms with Gasteiger partial charge in [0, 0.05) is 18.4 Å². The van der Waals surface area contributed by atoms with Crippen LogP contribution in [-0.2, 0) is 6.42 Å². The first-order valence-electron chi connectivity index (χ1n) is 6.64. The highest BCUT2D eigenvalue weighted by Gasteiger charge is 2.10. The number of aromatic carboxylic acids is 1. The highest BCUT2D eigenvalue weighted by atomic mass is 16.4. The maximum Gasteiger partial charge on any atom is 0.339 e. The fourth-order valence-corrected chi connectivity index (χ4v) is 2.04. The summed E-state index contributed by atoms with van der Waals surface area (Å²) in [6.45, 7) is 2.58. The number of anilines is 1. The van der Waals surface area contributed by atoms with Crippen molar-refractivity contribution in [2.45, 2.75) is 19.8 Å². The van der Waals surface area contributed by atoms with Crippen LogP contribution in [-0.4, -0.2) is 22.6 Å². The molecule has 104 valence electrons. The van der Waals surface area contributed by atoms with Gasteiger partial charge in [-0.3, -0.25) is 4.98 Å². The zero-order valence-corrected chi connectivity index (χ0v) is 11.5. The molecule has 0 aliphatic rings. The van der Waals surface area contributed by atoms with Crippen LogP contribution in [0.1, 0.15) is 28.0 Å². The van der Waals surface area contributed by atoms with E-state index in [4.69, 9.17) is 5.11 Å². The van der Waals surface area contributed by atoms with Crippen molar-refractivity contribution in [2.75, 3.05) is 11.9 Å². The second kappa shape index (κ2) is 6.70. The lowest BCUT2D eigenvalue weighted by atomic mass is 10.1. The monoisotopic (exact) mass is 270 g/mol. The Hall–Kier alpha value is -2.36. The lowest BCUT2D eigenvalue weighted by Crippen LogP contribution is -2.09. The molecule has 1 aromatic carbocycles. The zero-order chi connectivity index (χ0) is 14.4. The van der Waals surface area contributed by atoms with E-state index in [2.05, 4.69) is 22.4 Å². The Morgan fingerprint density at radius 3 is 2.75 bits per heavy atom. The summed E-state index contributed by atoms with van der Waals surface area (Å²) < 4.78 is 0. The highest BCUT2D eigenvalue weighted by molar-refractivity contribution is 5.93. The van der Waals surface area contributed by atoms with Crippen molar-refractivity contribution in [3.8, 4) is 0 Å². The molecule has 1 heterocycles. The topological polar surface area (TPSA) is 62.2 Å². The number of carboxylic acid groups (broad SMARTS) is 1. The van der Waals surface area contributed by atoms with Crippen molar-refractivity contribution >= 4 is 11.7 Å². The van der Waals surface area contributed by atoms with Gasteiger partial charge in [-0.15, -0.1) is 0 Å². The summed E-state index contributed by atoms with van der Waals surface area (Å²) in [5.41, 5.74) is 2.95. The van der Waals surface area contributed by atoms with Crippen LogP contribution < -0.4 is 5.32 Å². The van der Waals surface area contributed by atoms with Crippen LogP contribution in [0.25, 0.3) is 0 Å². The number of pyridine rings is 1. The first-order valence-corrected chi connectivity index (χ1v) is 6.64. The van der Waals surface area contributed by atoms with E-state index in [9.17, 15) is 4.79 Å². The summed E-state index contributed by atoms with van der Waals surface area (Å²) in [6, 6.07) is 12.0. The summed E-state index contributed by atoms with van der Waals surface area (Å²) in [5.74, 6) is -0.956. The first kappa shape index (κ1) is 14.1. The van der Waals surface area contributed by atoms with Crippen LogP contribution in [0.3, 0.4) is 0 Å². The van der Waals surface area contributed by atoms with Crippen LogP contribution in [0.2, 0.25) is 0 Å². The molecule has 4 nitrogen and oxygen atoms in total. The van der Waals surface area contributed by atoms with Gasteiger partial charge in [0.2, 0.25) is 0 Å². The maximum absolute atomic E-state index is 11.1. The fraction of sp³-hybridized carbons (Fsp3) is 0.250. The molecule has 0 fully saturated rings. The number of rotatable bonds is 6. The molecular weight excluding hydrogens is 252 g/mol. The van der Waals surface area contributed by atoms with Crippen molar-refractivity contribution in [3.63, 3.8) is 0 Å². The van der Waals surface area contributed by atoms with Gasteiger partial charge in [-0.2, -0.15) is 0 Å². The molecule has 0 unspecified atom stereocenters. The second-order valence-corrected chi connectivity index (χ2v) is 4.69. The van der Waals surface area contributed by atoms with E-state index in [1.165, 1.54) is 11.8 Å². The molecule has 0 atom stereocenters. The molecule has 0 spiro atoms. The van der Waals surface area contributed by atoms with Gasteiger partial charge in [-0.25, -0.2) is 4.79 Å². The molecule has 0 amide bonds. The Morgan fingerprint density at radius 1 is 1.30 bits per heavy atom. The molecule has 2 aromatic rings. The predicted molar refractivity (Wildman–Crippen MR) is 79.2 cm³/mol. The number of nitrogens with one attached hydrogen (secondary N) is 1. The molecule has 4 heteroatoms. The molecule has 0 aliphatic carbocycles. The van der Waals surface area contributed by atoms with Crippen molar-refractivity contribution < 1.29 is 9.90 Å². The molecule has 0 saturated carbocycles. The maximum atomic E-state index is 11.1. The molecular formula is C16H18N2O2.